The van der Waals surface area contributed by atoms with E-state index < -0.39 is 35.6 Å². The molecule has 1 saturated heterocycles. The van der Waals surface area contributed by atoms with Crippen LogP contribution in [0.1, 0.15) is 37.9 Å². The van der Waals surface area contributed by atoms with E-state index in [4.69, 9.17) is 51.1 Å². The Bertz CT molecular complexity index is 1500. The predicted octanol–water partition coefficient (Wildman–Crippen LogP) is 7.27. The molecule has 0 radical (unpaired) electrons. The second-order valence-electron chi connectivity index (χ2n) is 8.41. The minimum atomic E-state index is -1.28. The molecule has 0 bridgehead atoms. The highest BCUT2D eigenvalue weighted by molar-refractivity contribution is 9.10. The molecule has 12 heteroatoms. The highest BCUT2D eigenvalue weighted by Crippen LogP contribution is 2.49. The lowest BCUT2D eigenvalue weighted by Gasteiger charge is -2.49. The molecule has 190 valence electrons. The van der Waals surface area contributed by atoms with Gasteiger partial charge in [-0.3, -0.25) is 19.3 Å². The second-order valence-corrected chi connectivity index (χ2v) is 10.8. The third-order valence-corrected chi connectivity index (χ3v) is 8.85. The zero-order valence-electron chi connectivity index (χ0n) is 18.9. The maximum atomic E-state index is 14.5. The van der Waals surface area contributed by atoms with Crippen molar-refractivity contribution in [1.29, 1.82) is 0 Å². The number of benzene rings is 3. The van der Waals surface area contributed by atoms with E-state index >= 15 is 0 Å². The van der Waals surface area contributed by atoms with Crippen LogP contribution in [0.15, 0.2) is 40.9 Å². The first-order valence-electron chi connectivity index (χ1n) is 10.7. The number of fused-ring (bicyclic) bond motifs is 1. The molecule has 2 aliphatic rings. The quantitative estimate of drug-likeness (QED) is 0.129. The summed E-state index contributed by atoms with van der Waals surface area (Å²) >= 11 is 28.2. The molecule has 1 fully saturated rings. The zero-order valence-corrected chi connectivity index (χ0v) is 23.5. The van der Waals surface area contributed by atoms with Gasteiger partial charge in [-0.15, -0.1) is 0 Å². The lowest BCUT2D eigenvalue weighted by molar-refractivity contribution is -0.130. The van der Waals surface area contributed by atoms with Crippen LogP contribution in [0, 0.1) is 12.7 Å². The lowest BCUT2D eigenvalue weighted by atomic mass is 9.86. The molecule has 0 aliphatic carbocycles. The van der Waals surface area contributed by atoms with Crippen molar-refractivity contribution in [1.82, 2.24) is 4.90 Å². The fourth-order valence-corrected chi connectivity index (χ4v) is 6.13. The summed E-state index contributed by atoms with van der Waals surface area (Å²) in [6, 6.07) is 7.28. The number of β-lactam (4-membered cyclic amide) rings is 1. The van der Waals surface area contributed by atoms with Crippen LogP contribution in [-0.4, -0.2) is 35.8 Å². The van der Waals surface area contributed by atoms with Crippen LogP contribution in [0.2, 0.25) is 20.1 Å². The molecule has 0 spiro atoms. The number of aryl methyl sites for hydroxylation is 1. The molecule has 2 aliphatic heterocycles. The van der Waals surface area contributed by atoms with Gasteiger partial charge in [0.05, 0.1) is 48.8 Å². The number of amides is 3. The summed E-state index contributed by atoms with van der Waals surface area (Å²) in [6.45, 7) is 1.60. The van der Waals surface area contributed by atoms with Gasteiger partial charge in [-0.1, -0.05) is 58.5 Å². The van der Waals surface area contributed by atoms with Crippen molar-refractivity contribution in [3.8, 4) is 5.75 Å². The van der Waals surface area contributed by atoms with Gasteiger partial charge in [0.25, 0.3) is 17.7 Å². The lowest BCUT2D eigenvalue weighted by Crippen LogP contribution is -2.67. The van der Waals surface area contributed by atoms with Gasteiger partial charge in [0.15, 0.2) is 0 Å². The number of anilines is 1. The molecule has 0 N–H and O–H groups in total. The summed E-state index contributed by atoms with van der Waals surface area (Å²) in [6.07, 6.45) is 0. The molecule has 3 amide bonds. The van der Waals surface area contributed by atoms with E-state index in [9.17, 15) is 18.8 Å². The van der Waals surface area contributed by atoms with E-state index in [2.05, 4.69) is 15.9 Å². The Balaban J connectivity index is 1.65. The third kappa shape index (κ3) is 3.84. The fraction of sp³-hybridized carbons (Fsp3) is 0.160. The maximum absolute atomic E-state index is 14.5. The molecule has 0 saturated carbocycles. The van der Waals surface area contributed by atoms with Gasteiger partial charge in [0.2, 0.25) is 0 Å². The predicted molar refractivity (Wildman–Crippen MR) is 143 cm³/mol. The van der Waals surface area contributed by atoms with Crippen molar-refractivity contribution in [3.63, 3.8) is 0 Å². The summed E-state index contributed by atoms with van der Waals surface area (Å²) in [5, 5.41) is -0.829. The van der Waals surface area contributed by atoms with Crippen LogP contribution in [0.25, 0.3) is 0 Å². The highest BCUT2D eigenvalue weighted by atomic mass is 79.9. The van der Waals surface area contributed by atoms with Crippen molar-refractivity contribution in [2.45, 2.75) is 19.0 Å². The molecular formula is C25H14BrCl4FN2O4. The third-order valence-electron chi connectivity index (χ3n) is 6.43. The standard InChI is InChI=1S/C25H14BrCl4FN2O4/c1-9-3-5-11(8-13(9)31)32-21(10-4-6-14(37-2)12(26)7-10)22(25(32)36)33-23(34)15-16(24(33)35)18(28)20(30)19(29)17(15)27/h3-8,21-22H,1-2H3/t21-,22-/m1/s1. The second kappa shape index (κ2) is 9.43. The van der Waals surface area contributed by atoms with Crippen molar-refractivity contribution < 1.29 is 23.5 Å². The molecule has 2 heterocycles. The fourth-order valence-electron chi connectivity index (χ4n) is 4.56. The summed E-state index contributed by atoms with van der Waals surface area (Å²) in [5.41, 5.74) is 0.764. The summed E-state index contributed by atoms with van der Waals surface area (Å²) < 4.78 is 20.3. The summed E-state index contributed by atoms with van der Waals surface area (Å²) in [4.78, 5) is 42.7. The Morgan fingerprint density at radius 3 is 1.95 bits per heavy atom. The van der Waals surface area contributed by atoms with E-state index in [0.29, 0.717) is 21.3 Å². The first kappa shape index (κ1) is 26.3. The van der Waals surface area contributed by atoms with Gasteiger partial charge >= 0.3 is 0 Å². The van der Waals surface area contributed by atoms with Crippen LogP contribution >= 0.6 is 62.3 Å². The highest BCUT2D eigenvalue weighted by Gasteiger charge is 2.58. The number of ether oxygens (including phenoxy) is 1. The van der Waals surface area contributed by atoms with Gasteiger partial charge in [-0.25, -0.2) is 4.39 Å². The van der Waals surface area contributed by atoms with Gasteiger partial charge in [-0.05, 0) is 58.2 Å². The molecule has 0 aromatic heterocycles. The van der Waals surface area contributed by atoms with Crippen molar-refractivity contribution >= 4 is 85.7 Å². The van der Waals surface area contributed by atoms with E-state index in [0.717, 1.165) is 4.90 Å². The van der Waals surface area contributed by atoms with E-state index in [1.807, 2.05) is 0 Å². The Hall–Kier alpha value is -2.36. The number of methoxy groups -OCH3 is 1. The van der Waals surface area contributed by atoms with Gasteiger partial charge in [-0.2, -0.15) is 0 Å². The number of rotatable bonds is 4. The van der Waals surface area contributed by atoms with Crippen molar-refractivity contribution in [2.75, 3.05) is 12.0 Å². The topological polar surface area (TPSA) is 66.9 Å². The molecule has 2 atom stereocenters. The van der Waals surface area contributed by atoms with Gasteiger partial charge in [0, 0.05) is 5.69 Å². The molecule has 37 heavy (non-hydrogen) atoms. The van der Waals surface area contributed by atoms with Crippen LogP contribution < -0.4 is 9.64 Å². The molecule has 3 aromatic carbocycles. The summed E-state index contributed by atoms with van der Waals surface area (Å²) in [5.74, 6) is -2.25. The summed E-state index contributed by atoms with van der Waals surface area (Å²) in [7, 11) is 1.50. The van der Waals surface area contributed by atoms with Crippen LogP contribution in [0.4, 0.5) is 10.1 Å². The molecule has 5 rings (SSSR count). The first-order chi connectivity index (χ1) is 17.5. The SMILES string of the molecule is COc1ccc([C@@H]2[C@@H](N3C(=O)c4c(Cl)c(Cl)c(Cl)c(Cl)c4C3=O)C(=O)N2c2ccc(C)c(F)c2)cc1Br. The van der Waals surface area contributed by atoms with E-state index in [-0.39, 0.29) is 36.9 Å². The van der Waals surface area contributed by atoms with E-state index in [1.165, 1.54) is 24.1 Å². The molecule has 3 aromatic rings. The average molecular weight is 647 g/mol. The smallest absolute Gasteiger partial charge is 0.264 e. The number of imide groups is 1. The zero-order chi connectivity index (χ0) is 26.9. The normalized spacial score (nSPS) is 18.9. The van der Waals surface area contributed by atoms with Crippen LogP contribution in [0.3, 0.4) is 0 Å². The Kier molecular flexibility index (Phi) is 6.69. The number of hydrogen-bond donors (Lipinski definition) is 0. The number of nitrogens with zero attached hydrogens (tertiary/aromatic N) is 2. The molecule has 0 unspecified atom stereocenters. The van der Waals surface area contributed by atoms with Crippen molar-refractivity contribution in [2.24, 2.45) is 0 Å². The van der Waals surface area contributed by atoms with Gasteiger partial charge < -0.3 is 9.64 Å². The number of halogens is 6. The minimum absolute atomic E-state index is 0.178. The van der Waals surface area contributed by atoms with Crippen LogP contribution in [0.5, 0.6) is 5.75 Å². The molecule has 6 nitrogen and oxygen atoms in total. The number of carbonyl (C=O) groups is 3. The number of carbonyl (C=O) groups excluding carboxylic acids is 3. The first-order valence-corrected chi connectivity index (χ1v) is 13.0. The maximum Gasteiger partial charge on any atom is 0.264 e. The minimum Gasteiger partial charge on any atom is -0.496 e. The Morgan fingerprint density at radius 1 is 0.838 bits per heavy atom. The van der Waals surface area contributed by atoms with Crippen LogP contribution in [-0.2, 0) is 4.79 Å². The number of hydrogen-bond acceptors (Lipinski definition) is 4. The monoisotopic (exact) mass is 644 g/mol. The Labute approximate surface area is 238 Å². The Morgan fingerprint density at radius 2 is 1.43 bits per heavy atom. The molecular weight excluding hydrogens is 633 g/mol. The van der Waals surface area contributed by atoms with Gasteiger partial charge in [0.1, 0.15) is 17.6 Å². The van der Waals surface area contributed by atoms with Crippen molar-refractivity contribution in [3.05, 3.63) is 89.0 Å². The average Bonchev–Trinajstić information content (AvgIpc) is 3.12. The van der Waals surface area contributed by atoms with E-state index in [1.54, 1.807) is 31.2 Å². The largest absolute Gasteiger partial charge is 0.496 e.